The number of hydrogen-bond acceptors (Lipinski definition) is 6. The number of carboxylic acid groups (broad SMARTS) is 1. The fourth-order valence-electron chi connectivity index (χ4n) is 4.14. The van der Waals surface area contributed by atoms with Crippen molar-refractivity contribution >= 4 is 11.9 Å². The summed E-state index contributed by atoms with van der Waals surface area (Å²) < 4.78 is 7.15. The lowest BCUT2D eigenvalue weighted by atomic mass is 10.1. The molecule has 228 valence electrons. The molecule has 0 radical (unpaired) electrons. The van der Waals surface area contributed by atoms with Crippen molar-refractivity contribution in [2.45, 2.75) is 84.5 Å². The number of aryl methyl sites for hydroxylation is 1. The largest absolute Gasteiger partial charge is 0.494 e. The molecule has 0 saturated carbocycles. The van der Waals surface area contributed by atoms with Gasteiger partial charge in [-0.2, -0.15) is 5.10 Å². The molecule has 0 aliphatic heterocycles. The molecule has 0 spiro atoms. The number of aromatic nitrogens is 2. The standard InChI is InChI=1S/C33H45N3O6/c1-3-27-26-30(37)32(34-36(27)28-21-20-22-29(25-28)41-4-2)33(40)35-42-24-19-17-15-13-11-9-7-5-6-8-10-12-14-16-18-23-31(38)39/h5-6,9,11,15,17,20-22,25-26H,3-4,7-8,10,12-14,16,18-19,23-24H2,1-2H3,(H,35,40)(H,38,39)/b6-5+,11-9+,17-15+. The number of benzene rings is 1. The summed E-state index contributed by atoms with van der Waals surface area (Å²) in [5.74, 6) is -0.717. The summed E-state index contributed by atoms with van der Waals surface area (Å²) in [7, 11) is 0. The molecule has 0 unspecified atom stereocenters. The van der Waals surface area contributed by atoms with Crippen LogP contribution in [0.4, 0.5) is 0 Å². The Labute approximate surface area is 248 Å². The van der Waals surface area contributed by atoms with Crippen LogP contribution in [-0.4, -0.2) is 40.0 Å². The smallest absolute Gasteiger partial charge is 0.303 e. The number of aliphatic carboxylic acids is 1. The van der Waals surface area contributed by atoms with Gasteiger partial charge in [-0.1, -0.05) is 68.7 Å². The average Bonchev–Trinajstić information content (AvgIpc) is 2.98. The minimum atomic E-state index is -0.709. The summed E-state index contributed by atoms with van der Waals surface area (Å²) in [6.45, 7) is 4.62. The first-order chi connectivity index (χ1) is 20.5. The first-order valence-corrected chi connectivity index (χ1v) is 14.9. The van der Waals surface area contributed by atoms with Crippen molar-refractivity contribution < 1.29 is 24.3 Å². The van der Waals surface area contributed by atoms with Gasteiger partial charge in [0.05, 0.1) is 18.9 Å². The van der Waals surface area contributed by atoms with Gasteiger partial charge in [-0.05, 0) is 64.0 Å². The van der Waals surface area contributed by atoms with Gasteiger partial charge in [0.25, 0.3) is 5.91 Å². The Hall–Kier alpha value is -3.98. The maximum absolute atomic E-state index is 12.6. The number of nitrogens with one attached hydrogen (secondary N) is 1. The Kier molecular flexibility index (Phi) is 17.0. The lowest BCUT2D eigenvalue weighted by Gasteiger charge is -2.14. The predicted molar refractivity (Wildman–Crippen MR) is 165 cm³/mol. The van der Waals surface area contributed by atoms with E-state index in [1.165, 1.54) is 6.07 Å². The van der Waals surface area contributed by atoms with Gasteiger partial charge >= 0.3 is 5.97 Å². The summed E-state index contributed by atoms with van der Waals surface area (Å²) >= 11 is 0. The number of carboxylic acids is 1. The molecule has 1 amide bonds. The van der Waals surface area contributed by atoms with Crippen molar-refractivity contribution in [3.05, 3.63) is 88.4 Å². The van der Waals surface area contributed by atoms with Crippen LogP contribution in [0.2, 0.25) is 0 Å². The molecular formula is C33H45N3O6. The van der Waals surface area contributed by atoms with Gasteiger partial charge < -0.3 is 9.84 Å². The van der Waals surface area contributed by atoms with Gasteiger partial charge in [0.15, 0.2) is 5.69 Å². The summed E-state index contributed by atoms with van der Waals surface area (Å²) in [5.41, 5.74) is 3.00. The van der Waals surface area contributed by atoms with Crippen molar-refractivity contribution in [3.63, 3.8) is 0 Å². The van der Waals surface area contributed by atoms with Crippen LogP contribution in [0.1, 0.15) is 94.2 Å². The molecule has 0 aliphatic carbocycles. The molecule has 1 aromatic carbocycles. The lowest BCUT2D eigenvalue weighted by Crippen LogP contribution is -2.32. The van der Waals surface area contributed by atoms with E-state index in [1.807, 2.05) is 50.3 Å². The summed E-state index contributed by atoms with van der Waals surface area (Å²) in [4.78, 5) is 40.9. The van der Waals surface area contributed by atoms with Crippen LogP contribution >= 0.6 is 0 Å². The van der Waals surface area contributed by atoms with Crippen molar-refractivity contribution in [2.24, 2.45) is 0 Å². The summed E-state index contributed by atoms with van der Waals surface area (Å²) in [5, 5.41) is 12.9. The number of hydroxylamine groups is 1. The van der Waals surface area contributed by atoms with E-state index in [0.717, 1.165) is 51.4 Å². The third kappa shape index (κ3) is 13.6. The molecule has 9 nitrogen and oxygen atoms in total. The number of ether oxygens (including phenoxy) is 1. The highest BCUT2D eigenvalue weighted by atomic mass is 16.6. The van der Waals surface area contributed by atoms with Crippen LogP contribution in [0.5, 0.6) is 5.75 Å². The van der Waals surface area contributed by atoms with E-state index >= 15 is 0 Å². The van der Waals surface area contributed by atoms with Crippen LogP contribution in [0.25, 0.3) is 5.69 Å². The zero-order valence-electron chi connectivity index (χ0n) is 24.9. The number of allylic oxidation sites excluding steroid dienone is 5. The molecule has 0 aliphatic rings. The molecule has 0 saturated heterocycles. The Balaban J connectivity index is 1.66. The van der Waals surface area contributed by atoms with Crippen LogP contribution in [0, 0.1) is 0 Å². The maximum atomic E-state index is 12.6. The number of hydrogen-bond donors (Lipinski definition) is 2. The predicted octanol–water partition coefficient (Wildman–Crippen LogP) is 6.51. The number of nitrogens with zero attached hydrogens (tertiary/aromatic N) is 2. The Morgan fingerprint density at radius 2 is 1.62 bits per heavy atom. The molecule has 0 fully saturated rings. The van der Waals surface area contributed by atoms with Gasteiger partial charge in [-0.3, -0.25) is 19.2 Å². The Morgan fingerprint density at radius 1 is 0.929 bits per heavy atom. The minimum Gasteiger partial charge on any atom is -0.494 e. The topological polar surface area (TPSA) is 120 Å². The quantitative estimate of drug-likeness (QED) is 0.0983. The number of unbranched alkanes of at least 4 members (excludes halogenated alkanes) is 5. The van der Waals surface area contributed by atoms with Crippen LogP contribution < -0.4 is 15.6 Å². The van der Waals surface area contributed by atoms with E-state index in [9.17, 15) is 14.4 Å². The van der Waals surface area contributed by atoms with Crippen molar-refractivity contribution in [3.8, 4) is 11.4 Å². The molecule has 2 N–H and O–H groups in total. The Morgan fingerprint density at radius 3 is 2.33 bits per heavy atom. The van der Waals surface area contributed by atoms with Gasteiger partial charge in [0.2, 0.25) is 5.43 Å². The number of carbonyl (C=O) groups is 2. The second-order valence-electron chi connectivity index (χ2n) is 9.70. The molecule has 2 aromatic rings. The fraction of sp³-hybridized carbons (Fsp3) is 0.455. The second kappa shape index (κ2) is 20.8. The van der Waals surface area contributed by atoms with Gasteiger partial charge in [-0.15, -0.1) is 0 Å². The first kappa shape index (κ1) is 34.2. The van der Waals surface area contributed by atoms with Crippen LogP contribution in [0.3, 0.4) is 0 Å². The monoisotopic (exact) mass is 579 g/mol. The van der Waals surface area contributed by atoms with E-state index in [-0.39, 0.29) is 18.7 Å². The first-order valence-electron chi connectivity index (χ1n) is 14.9. The molecule has 42 heavy (non-hydrogen) atoms. The highest BCUT2D eigenvalue weighted by Gasteiger charge is 2.16. The lowest BCUT2D eigenvalue weighted by molar-refractivity contribution is -0.137. The second-order valence-corrected chi connectivity index (χ2v) is 9.70. The van der Waals surface area contributed by atoms with E-state index in [0.29, 0.717) is 36.6 Å². The van der Waals surface area contributed by atoms with E-state index in [4.69, 9.17) is 14.7 Å². The van der Waals surface area contributed by atoms with Crippen LogP contribution in [-0.2, 0) is 16.1 Å². The third-order valence-electron chi connectivity index (χ3n) is 6.31. The highest BCUT2D eigenvalue weighted by molar-refractivity contribution is 5.91. The van der Waals surface area contributed by atoms with Crippen molar-refractivity contribution in [1.82, 2.24) is 15.3 Å². The molecule has 1 heterocycles. The number of amides is 1. The van der Waals surface area contributed by atoms with Crippen molar-refractivity contribution in [1.29, 1.82) is 0 Å². The number of rotatable bonds is 21. The van der Waals surface area contributed by atoms with E-state index < -0.39 is 17.3 Å². The van der Waals surface area contributed by atoms with Gasteiger partial charge in [0.1, 0.15) is 5.75 Å². The number of carbonyl (C=O) groups excluding carboxylic acids is 1. The molecule has 2 rings (SSSR count). The molecule has 9 heteroatoms. The van der Waals surface area contributed by atoms with Gasteiger partial charge in [0, 0.05) is 24.2 Å². The summed E-state index contributed by atoms with van der Waals surface area (Å²) in [6, 6.07) is 8.76. The van der Waals surface area contributed by atoms with Crippen molar-refractivity contribution in [2.75, 3.05) is 13.2 Å². The molecule has 0 atom stereocenters. The SMILES string of the molecule is CCOc1cccc(-n2nc(C(=O)NOCC/C=C/C/C=C/C/C=C/CCCCCCCC(=O)O)c(=O)cc2CC)c1. The van der Waals surface area contributed by atoms with Gasteiger partial charge in [-0.25, -0.2) is 10.2 Å². The minimum absolute atomic E-state index is 0.239. The molecular weight excluding hydrogens is 534 g/mol. The summed E-state index contributed by atoms with van der Waals surface area (Å²) in [6.07, 6.45) is 22.0. The van der Waals surface area contributed by atoms with E-state index in [2.05, 4.69) is 34.9 Å². The Bertz CT molecular complexity index is 1250. The average molecular weight is 580 g/mol. The molecule has 1 aromatic heterocycles. The van der Waals surface area contributed by atoms with E-state index in [1.54, 1.807) is 4.68 Å². The zero-order chi connectivity index (χ0) is 30.4. The fourth-order valence-corrected chi connectivity index (χ4v) is 4.14. The third-order valence-corrected chi connectivity index (χ3v) is 6.31. The highest BCUT2D eigenvalue weighted by Crippen LogP contribution is 2.18. The normalized spacial score (nSPS) is 11.6. The maximum Gasteiger partial charge on any atom is 0.303 e. The zero-order valence-corrected chi connectivity index (χ0v) is 24.9. The van der Waals surface area contributed by atoms with Crippen LogP contribution in [0.15, 0.2) is 71.6 Å². The molecule has 0 bridgehead atoms.